The zero-order valence-corrected chi connectivity index (χ0v) is 14.9. The van der Waals surface area contributed by atoms with Crippen LogP contribution in [0.1, 0.15) is 19.4 Å². The van der Waals surface area contributed by atoms with Gasteiger partial charge in [-0.1, -0.05) is 30.3 Å². The van der Waals surface area contributed by atoms with Gasteiger partial charge in [0.15, 0.2) is 0 Å². The molecule has 25 heavy (non-hydrogen) atoms. The number of anilines is 2. The normalized spacial score (nSPS) is 16.2. The van der Waals surface area contributed by atoms with Gasteiger partial charge in [0.1, 0.15) is 12.4 Å². The molecule has 2 N–H and O–H groups in total. The van der Waals surface area contributed by atoms with Gasteiger partial charge in [0.25, 0.3) is 0 Å². The number of carbonyl (C=O) groups excluding carboxylic acids is 1. The molecule has 0 saturated heterocycles. The number of nitrogens with one attached hydrogen (secondary N) is 2. The fourth-order valence-corrected chi connectivity index (χ4v) is 3.63. The van der Waals surface area contributed by atoms with Crippen molar-refractivity contribution in [3.63, 3.8) is 0 Å². The minimum Gasteiger partial charge on any atom is -0.490 e. The van der Waals surface area contributed by atoms with Gasteiger partial charge in [-0.3, -0.25) is 9.52 Å². The van der Waals surface area contributed by atoms with E-state index in [1.165, 1.54) is 0 Å². The minimum absolute atomic E-state index is 0.124. The van der Waals surface area contributed by atoms with Crippen LogP contribution in [0.4, 0.5) is 11.4 Å². The Morgan fingerprint density at radius 1 is 1.16 bits per heavy atom. The highest BCUT2D eigenvalue weighted by molar-refractivity contribution is 7.91. The Bertz CT molecular complexity index is 893. The predicted octanol–water partition coefficient (Wildman–Crippen LogP) is 2.99. The summed E-state index contributed by atoms with van der Waals surface area (Å²) >= 11 is 0. The number of hydrogen-bond donors (Lipinski definition) is 2. The highest BCUT2D eigenvalue weighted by atomic mass is 32.2. The highest BCUT2D eigenvalue weighted by Gasteiger charge is 2.32. The van der Waals surface area contributed by atoms with Gasteiger partial charge in [-0.15, -0.1) is 0 Å². The number of ether oxygens (including phenoxy) is 1. The first-order valence-electron chi connectivity index (χ1n) is 7.88. The van der Waals surface area contributed by atoms with Gasteiger partial charge in [-0.25, -0.2) is 8.42 Å². The Kier molecular flexibility index (Phi) is 4.43. The minimum atomic E-state index is -3.56. The molecule has 0 aliphatic carbocycles. The third kappa shape index (κ3) is 4.11. The monoisotopic (exact) mass is 360 g/mol. The van der Waals surface area contributed by atoms with Gasteiger partial charge < -0.3 is 10.1 Å². The summed E-state index contributed by atoms with van der Waals surface area (Å²) in [6.07, 6.45) is 0. The van der Waals surface area contributed by atoms with E-state index >= 15 is 0 Å². The lowest BCUT2D eigenvalue weighted by atomic mass is 9.94. The Morgan fingerprint density at radius 2 is 1.88 bits per heavy atom. The Hall–Kier alpha value is -2.54. The van der Waals surface area contributed by atoms with Gasteiger partial charge in [0.2, 0.25) is 15.9 Å². The second kappa shape index (κ2) is 6.40. The summed E-state index contributed by atoms with van der Waals surface area (Å²) in [7, 11) is -3.56. The van der Waals surface area contributed by atoms with Crippen molar-refractivity contribution in [1.29, 1.82) is 0 Å². The van der Waals surface area contributed by atoms with Crippen LogP contribution in [0.15, 0.2) is 48.5 Å². The van der Waals surface area contributed by atoms with Crippen LogP contribution in [0.5, 0.6) is 5.75 Å². The summed E-state index contributed by atoms with van der Waals surface area (Å²) in [5.74, 6) is 0.223. The molecule has 2 aromatic carbocycles. The highest BCUT2D eigenvalue weighted by Crippen LogP contribution is 2.34. The second-order valence-corrected chi connectivity index (χ2v) is 8.41. The quantitative estimate of drug-likeness (QED) is 0.878. The standard InChI is InChI=1S/C18H20N2O4S/c1-18(2)12-24-16-9-8-14(10-15(16)19-17(18)21)20-25(22,23)11-13-6-4-3-5-7-13/h3-10,20H,11-12H2,1-2H3,(H,19,21). The number of fused-ring (bicyclic) bond motifs is 1. The maximum absolute atomic E-state index is 12.3. The lowest BCUT2D eigenvalue weighted by Crippen LogP contribution is -2.33. The molecule has 0 atom stereocenters. The van der Waals surface area contributed by atoms with Gasteiger partial charge >= 0.3 is 0 Å². The summed E-state index contributed by atoms with van der Waals surface area (Å²) in [6.45, 7) is 3.83. The summed E-state index contributed by atoms with van der Waals surface area (Å²) < 4.78 is 32.9. The van der Waals surface area contributed by atoms with Crippen molar-refractivity contribution in [3.8, 4) is 5.75 Å². The second-order valence-electron chi connectivity index (χ2n) is 6.68. The topological polar surface area (TPSA) is 84.5 Å². The van der Waals surface area contributed by atoms with Crippen LogP contribution in [0, 0.1) is 5.41 Å². The molecule has 132 valence electrons. The maximum atomic E-state index is 12.3. The van der Waals surface area contributed by atoms with Crippen LogP contribution in [0.3, 0.4) is 0 Å². The van der Waals surface area contributed by atoms with Crippen molar-refractivity contribution in [2.24, 2.45) is 5.41 Å². The van der Waals surface area contributed by atoms with E-state index in [4.69, 9.17) is 4.74 Å². The van der Waals surface area contributed by atoms with Crippen molar-refractivity contribution in [2.45, 2.75) is 19.6 Å². The van der Waals surface area contributed by atoms with Crippen molar-refractivity contribution < 1.29 is 17.9 Å². The molecular weight excluding hydrogens is 340 g/mol. The zero-order chi connectivity index (χ0) is 18.1. The third-order valence-electron chi connectivity index (χ3n) is 3.90. The number of sulfonamides is 1. The van der Waals surface area contributed by atoms with Crippen molar-refractivity contribution in [3.05, 3.63) is 54.1 Å². The van der Waals surface area contributed by atoms with Crippen LogP contribution < -0.4 is 14.8 Å². The first-order chi connectivity index (χ1) is 11.8. The van der Waals surface area contributed by atoms with Crippen molar-refractivity contribution in [2.75, 3.05) is 16.6 Å². The Balaban J connectivity index is 1.80. The molecule has 7 heteroatoms. The van der Waals surface area contributed by atoms with E-state index < -0.39 is 15.4 Å². The molecular formula is C18H20N2O4S. The summed E-state index contributed by atoms with van der Waals surface area (Å²) in [6, 6.07) is 13.8. The molecule has 0 aromatic heterocycles. The van der Waals surface area contributed by atoms with Crippen LogP contribution in [0.25, 0.3) is 0 Å². The molecule has 1 heterocycles. The smallest absolute Gasteiger partial charge is 0.236 e. The predicted molar refractivity (Wildman–Crippen MR) is 97.0 cm³/mol. The van der Waals surface area contributed by atoms with E-state index in [9.17, 15) is 13.2 Å². The molecule has 0 fully saturated rings. The van der Waals surface area contributed by atoms with Gasteiger partial charge in [-0.2, -0.15) is 0 Å². The number of rotatable bonds is 4. The number of hydrogen-bond acceptors (Lipinski definition) is 4. The number of benzene rings is 2. The molecule has 1 amide bonds. The zero-order valence-electron chi connectivity index (χ0n) is 14.1. The average Bonchev–Trinajstić information content (AvgIpc) is 2.64. The molecule has 3 rings (SSSR count). The van der Waals surface area contributed by atoms with Crippen LogP contribution in [0.2, 0.25) is 0 Å². The molecule has 0 bridgehead atoms. The Labute approximate surface area is 147 Å². The van der Waals surface area contributed by atoms with Crippen molar-refractivity contribution in [1.82, 2.24) is 0 Å². The first-order valence-corrected chi connectivity index (χ1v) is 9.53. The molecule has 6 nitrogen and oxygen atoms in total. The third-order valence-corrected chi connectivity index (χ3v) is 5.16. The lowest BCUT2D eigenvalue weighted by Gasteiger charge is -2.18. The van der Waals surface area contributed by atoms with Crippen molar-refractivity contribution >= 4 is 27.3 Å². The first kappa shape index (κ1) is 17.3. The number of carbonyl (C=O) groups is 1. The van der Waals surface area contributed by atoms with E-state index in [0.29, 0.717) is 22.7 Å². The Morgan fingerprint density at radius 3 is 2.60 bits per heavy atom. The molecule has 0 spiro atoms. The maximum Gasteiger partial charge on any atom is 0.236 e. The van der Waals surface area contributed by atoms with Crippen LogP contribution in [-0.2, 0) is 20.6 Å². The van der Waals surface area contributed by atoms with E-state index in [1.807, 2.05) is 6.07 Å². The van der Waals surface area contributed by atoms with E-state index in [-0.39, 0.29) is 18.3 Å². The summed E-state index contributed by atoms with van der Waals surface area (Å²) in [5.41, 5.74) is 0.864. The fourth-order valence-electron chi connectivity index (χ4n) is 2.44. The molecule has 0 radical (unpaired) electrons. The fraction of sp³-hybridized carbons (Fsp3) is 0.278. The van der Waals surface area contributed by atoms with Gasteiger partial charge in [0, 0.05) is 0 Å². The van der Waals surface area contributed by atoms with Gasteiger partial charge in [-0.05, 0) is 37.6 Å². The van der Waals surface area contributed by atoms with E-state index in [1.54, 1.807) is 56.3 Å². The van der Waals surface area contributed by atoms with Crippen LogP contribution >= 0.6 is 0 Å². The largest absolute Gasteiger partial charge is 0.490 e. The number of amides is 1. The SMILES string of the molecule is CC1(C)COc2ccc(NS(=O)(=O)Cc3ccccc3)cc2NC1=O. The lowest BCUT2D eigenvalue weighted by molar-refractivity contribution is -0.124. The molecule has 1 aliphatic rings. The molecule has 0 unspecified atom stereocenters. The van der Waals surface area contributed by atoms with E-state index in [0.717, 1.165) is 0 Å². The molecule has 2 aromatic rings. The summed E-state index contributed by atoms with van der Waals surface area (Å²) in [4.78, 5) is 12.2. The molecule has 0 saturated carbocycles. The molecule has 1 aliphatic heterocycles. The van der Waals surface area contributed by atoms with Crippen LogP contribution in [-0.4, -0.2) is 20.9 Å². The van der Waals surface area contributed by atoms with E-state index in [2.05, 4.69) is 10.0 Å². The van der Waals surface area contributed by atoms with Gasteiger partial charge in [0.05, 0.1) is 22.5 Å². The average molecular weight is 360 g/mol. The summed E-state index contributed by atoms with van der Waals surface area (Å²) in [5, 5.41) is 2.79.